The zero-order valence-electron chi connectivity index (χ0n) is 18.2. The predicted molar refractivity (Wildman–Crippen MR) is 116 cm³/mol. The summed E-state index contributed by atoms with van der Waals surface area (Å²) in [6, 6.07) is 0.608. The van der Waals surface area contributed by atoms with Crippen LogP contribution < -0.4 is 11.1 Å². The number of carbonyl (C=O) groups is 1. The molecule has 3 rings (SSSR count). The maximum absolute atomic E-state index is 13.2. The maximum Gasteiger partial charge on any atom is 0.257 e. The highest BCUT2D eigenvalue weighted by atomic mass is 16.2. The van der Waals surface area contributed by atoms with E-state index in [-0.39, 0.29) is 5.91 Å². The zero-order chi connectivity index (χ0) is 20.0. The second-order valence-electron chi connectivity index (χ2n) is 9.65. The summed E-state index contributed by atoms with van der Waals surface area (Å²) < 4.78 is 0. The van der Waals surface area contributed by atoms with Gasteiger partial charge in [-0.2, -0.15) is 0 Å². The summed E-state index contributed by atoms with van der Waals surface area (Å²) in [5, 5.41) is 3.75. The lowest BCUT2D eigenvalue weighted by Crippen LogP contribution is -2.45. The highest BCUT2D eigenvalue weighted by molar-refractivity contribution is 6.06. The number of nitrogens with zero attached hydrogens (tertiary/aromatic N) is 2. The molecule has 0 aromatic rings. The van der Waals surface area contributed by atoms with Gasteiger partial charge in [-0.25, -0.2) is 4.99 Å². The van der Waals surface area contributed by atoms with Crippen LogP contribution in [0.1, 0.15) is 96.8 Å². The van der Waals surface area contributed by atoms with Gasteiger partial charge >= 0.3 is 0 Å². The van der Waals surface area contributed by atoms with Gasteiger partial charge in [-0.15, -0.1) is 0 Å². The maximum atomic E-state index is 13.2. The Morgan fingerprint density at radius 1 is 1.14 bits per heavy atom. The van der Waals surface area contributed by atoms with Crippen LogP contribution in [-0.4, -0.2) is 41.9 Å². The number of likely N-dealkylation sites (N-methyl/N-ethyl adjacent to an activating group) is 1. The van der Waals surface area contributed by atoms with Crippen molar-refractivity contribution < 1.29 is 4.79 Å². The van der Waals surface area contributed by atoms with Gasteiger partial charge in [0, 0.05) is 13.1 Å². The van der Waals surface area contributed by atoms with Gasteiger partial charge in [0.05, 0.1) is 0 Å². The Kier molecular flexibility index (Phi) is 7.78. The van der Waals surface area contributed by atoms with Crippen LogP contribution in [0.2, 0.25) is 0 Å². The fourth-order valence-electron chi connectivity index (χ4n) is 5.70. The van der Waals surface area contributed by atoms with Crippen molar-refractivity contribution in [3.8, 4) is 0 Å². The van der Waals surface area contributed by atoms with E-state index in [1.165, 1.54) is 70.6 Å². The van der Waals surface area contributed by atoms with Crippen molar-refractivity contribution in [2.24, 2.45) is 22.6 Å². The van der Waals surface area contributed by atoms with E-state index in [4.69, 9.17) is 10.7 Å². The second kappa shape index (κ2) is 10.1. The summed E-state index contributed by atoms with van der Waals surface area (Å²) in [6.07, 6.45) is 17.0. The number of unbranched alkanes of at least 4 members (excludes halogenated alkanes) is 1. The first-order valence-electron chi connectivity index (χ1n) is 11.9. The Labute approximate surface area is 171 Å². The number of nitrogens with one attached hydrogen (secondary N) is 1. The van der Waals surface area contributed by atoms with Gasteiger partial charge in [0.25, 0.3) is 5.91 Å². The minimum absolute atomic E-state index is 0.141. The zero-order valence-corrected chi connectivity index (χ0v) is 18.2. The van der Waals surface area contributed by atoms with Gasteiger partial charge in [0.1, 0.15) is 5.54 Å². The number of amides is 1. The van der Waals surface area contributed by atoms with Gasteiger partial charge in [-0.1, -0.05) is 58.3 Å². The van der Waals surface area contributed by atoms with Gasteiger partial charge in [0.15, 0.2) is 5.96 Å². The van der Waals surface area contributed by atoms with E-state index in [0.717, 1.165) is 31.7 Å². The van der Waals surface area contributed by atoms with E-state index in [0.29, 0.717) is 17.9 Å². The normalized spacial score (nSPS) is 32.0. The van der Waals surface area contributed by atoms with Crippen molar-refractivity contribution in [2.45, 2.75) is 108 Å². The SMILES string of the molecule is CCCCNC1CCC[C@H](C[C@@]2(CCC3CCCCC3)N=C(N)N(C)C2=O)C1. The largest absolute Gasteiger partial charge is 0.369 e. The Hall–Kier alpha value is -1.10. The van der Waals surface area contributed by atoms with Crippen molar-refractivity contribution in [3.63, 3.8) is 0 Å². The van der Waals surface area contributed by atoms with Crippen LogP contribution in [0.3, 0.4) is 0 Å². The lowest BCUT2D eigenvalue weighted by atomic mass is 9.74. The molecular weight excluding hydrogens is 348 g/mol. The number of rotatable bonds is 9. The lowest BCUT2D eigenvalue weighted by Gasteiger charge is -2.35. The second-order valence-corrected chi connectivity index (χ2v) is 9.65. The number of nitrogens with two attached hydrogens (primary N) is 1. The summed E-state index contributed by atoms with van der Waals surface area (Å²) in [7, 11) is 1.79. The average Bonchev–Trinajstić information content (AvgIpc) is 2.92. The molecule has 5 heteroatoms. The number of carbonyl (C=O) groups excluding carboxylic acids is 1. The summed E-state index contributed by atoms with van der Waals surface area (Å²) in [6.45, 7) is 3.36. The summed E-state index contributed by atoms with van der Waals surface area (Å²) in [5.41, 5.74) is 5.52. The molecule has 0 aromatic carbocycles. The number of hydrogen-bond acceptors (Lipinski definition) is 4. The van der Waals surface area contributed by atoms with Crippen molar-refractivity contribution in [1.82, 2.24) is 10.2 Å². The first-order chi connectivity index (χ1) is 13.5. The predicted octanol–water partition coefficient (Wildman–Crippen LogP) is 4.21. The van der Waals surface area contributed by atoms with Crippen LogP contribution >= 0.6 is 0 Å². The molecule has 1 amide bonds. The molecule has 5 nitrogen and oxygen atoms in total. The molecule has 2 aliphatic carbocycles. The molecule has 0 saturated heterocycles. The van der Waals surface area contributed by atoms with Crippen molar-refractivity contribution in [3.05, 3.63) is 0 Å². The minimum Gasteiger partial charge on any atom is -0.369 e. The van der Waals surface area contributed by atoms with E-state index in [2.05, 4.69) is 12.2 Å². The molecule has 3 aliphatic rings. The molecule has 0 aromatic heterocycles. The molecule has 0 radical (unpaired) electrons. The Balaban J connectivity index is 1.63. The molecule has 2 saturated carbocycles. The van der Waals surface area contributed by atoms with Gasteiger partial charge in [-0.3, -0.25) is 9.69 Å². The summed E-state index contributed by atoms with van der Waals surface area (Å²) >= 11 is 0. The smallest absolute Gasteiger partial charge is 0.257 e. The first-order valence-corrected chi connectivity index (χ1v) is 11.9. The van der Waals surface area contributed by atoms with E-state index in [9.17, 15) is 4.79 Å². The molecular formula is C23H42N4O. The van der Waals surface area contributed by atoms with Gasteiger partial charge < -0.3 is 11.1 Å². The molecule has 1 unspecified atom stereocenters. The Bertz CT molecular complexity index is 543. The summed E-state index contributed by atoms with van der Waals surface area (Å²) in [4.78, 5) is 19.6. The van der Waals surface area contributed by atoms with E-state index >= 15 is 0 Å². The van der Waals surface area contributed by atoms with Crippen LogP contribution in [0.15, 0.2) is 4.99 Å². The third-order valence-electron chi connectivity index (χ3n) is 7.44. The third kappa shape index (κ3) is 5.28. The monoisotopic (exact) mass is 390 g/mol. The van der Waals surface area contributed by atoms with Crippen molar-refractivity contribution in [2.75, 3.05) is 13.6 Å². The first kappa shape index (κ1) is 21.6. The molecule has 160 valence electrons. The highest BCUT2D eigenvalue weighted by Gasteiger charge is 2.47. The van der Waals surface area contributed by atoms with Crippen LogP contribution in [0.25, 0.3) is 0 Å². The quantitative estimate of drug-likeness (QED) is 0.579. The van der Waals surface area contributed by atoms with Crippen LogP contribution in [0.5, 0.6) is 0 Å². The fourth-order valence-corrected chi connectivity index (χ4v) is 5.70. The number of hydrogen-bond donors (Lipinski definition) is 2. The van der Waals surface area contributed by atoms with Gasteiger partial charge in [0.2, 0.25) is 0 Å². The van der Waals surface area contributed by atoms with Crippen LogP contribution in [0.4, 0.5) is 0 Å². The van der Waals surface area contributed by atoms with Crippen LogP contribution in [0, 0.1) is 11.8 Å². The molecule has 1 heterocycles. The van der Waals surface area contributed by atoms with E-state index < -0.39 is 5.54 Å². The van der Waals surface area contributed by atoms with E-state index in [1.807, 2.05) is 0 Å². The molecule has 28 heavy (non-hydrogen) atoms. The molecule has 2 fully saturated rings. The average molecular weight is 391 g/mol. The third-order valence-corrected chi connectivity index (χ3v) is 7.44. The fraction of sp³-hybridized carbons (Fsp3) is 0.913. The standard InChI is InChI=1S/C23H42N4O/c1-3-4-15-25-20-12-8-11-19(16-20)17-23(21(28)27(2)22(24)26-23)14-13-18-9-6-5-7-10-18/h18-20,25H,3-17H2,1-2H3,(H2,24,26)/t19-,20?,23+/m0/s1. The number of guanidine groups is 1. The number of aliphatic imine (C=N–C) groups is 1. The van der Waals surface area contributed by atoms with E-state index in [1.54, 1.807) is 11.9 Å². The Morgan fingerprint density at radius 2 is 1.89 bits per heavy atom. The molecule has 3 atom stereocenters. The summed E-state index contributed by atoms with van der Waals surface area (Å²) in [5.74, 6) is 1.91. The molecule has 1 aliphatic heterocycles. The van der Waals surface area contributed by atoms with Crippen LogP contribution in [-0.2, 0) is 4.79 Å². The topological polar surface area (TPSA) is 70.7 Å². The van der Waals surface area contributed by atoms with Crippen molar-refractivity contribution in [1.29, 1.82) is 0 Å². The van der Waals surface area contributed by atoms with Gasteiger partial charge in [-0.05, 0) is 56.9 Å². The molecule has 0 spiro atoms. The minimum atomic E-state index is -0.591. The Morgan fingerprint density at radius 3 is 2.57 bits per heavy atom. The lowest BCUT2D eigenvalue weighted by molar-refractivity contribution is -0.131. The van der Waals surface area contributed by atoms with Crippen molar-refractivity contribution >= 4 is 11.9 Å². The highest BCUT2D eigenvalue weighted by Crippen LogP contribution is 2.40. The molecule has 3 N–H and O–H groups in total. The molecule has 0 bridgehead atoms.